The highest BCUT2D eigenvalue weighted by atomic mass is 16.5. The van der Waals surface area contributed by atoms with Gasteiger partial charge in [0.2, 0.25) is 0 Å². The summed E-state index contributed by atoms with van der Waals surface area (Å²) in [5.41, 5.74) is 6.00. The Bertz CT molecular complexity index is 1250. The quantitative estimate of drug-likeness (QED) is 0.414. The summed E-state index contributed by atoms with van der Waals surface area (Å²) in [6.45, 7) is 3.91. The standard InChI is InChI=1S/C25H27N5O4/c1-3-17-12-19(14-26-23(17)29-28-16-18-6-4-5-7-22(18)33-2)20-13-21(24(31)27-15-20)25(32)30-8-10-34-11-9-30/h4-7,12-16H,3,8-11H2,1-2H3,(H,26,29)(H,27,31)/b28-16+. The zero-order chi connectivity index (χ0) is 23.9. The largest absolute Gasteiger partial charge is 0.496 e. The number of carbonyl (C=O) groups is 1. The third kappa shape index (κ3) is 5.15. The summed E-state index contributed by atoms with van der Waals surface area (Å²) in [5, 5.41) is 4.31. The number of pyridine rings is 2. The van der Waals surface area contributed by atoms with Gasteiger partial charge in [-0.25, -0.2) is 4.98 Å². The van der Waals surface area contributed by atoms with Crippen molar-refractivity contribution >= 4 is 17.9 Å². The highest BCUT2D eigenvalue weighted by Gasteiger charge is 2.21. The topological polar surface area (TPSA) is 109 Å². The number of hydrogen-bond donors (Lipinski definition) is 2. The van der Waals surface area contributed by atoms with Crippen molar-refractivity contribution in [2.24, 2.45) is 5.10 Å². The SMILES string of the molecule is CCc1cc(-c2c[nH]c(=O)c(C(=O)N3CCOCC3)c2)cnc1N/N=C/c1ccccc1OC. The van der Waals surface area contributed by atoms with Gasteiger partial charge in [-0.3, -0.25) is 15.0 Å². The minimum atomic E-state index is -0.409. The van der Waals surface area contributed by atoms with E-state index in [9.17, 15) is 9.59 Å². The van der Waals surface area contributed by atoms with Gasteiger partial charge in [-0.2, -0.15) is 5.10 Å². The van der Waals surface area contributed by atoms with Crippen LogP contribution in [0.2, 0.25) is 0 Å². The van der Waals surface area contributed by atoms with Crippen molar-refractivity contribution in [2.75, 3.05) is 38.8 Å². The zero-order valence-electron chi connectivity index (χ0n) is 19.2. The van der Waals surface area contributed by atoms with Crippen molar-refractivity contribution in [3.8, 4) is 16.9 Å². The van der Waals surface area contributed by atoms with Crippen LogP contribution in [-0.4, -0.2) is 60.4 Å². The van der Waals surface area contributed by atoms with Crippen LogP contribution in [0.5, 0.6) is 5.75 Å². The van der Waals surface area contributed by atoms with Gasteiger partial charge in [0.1, 0.15) is 17.1 Å². The second-order valence-corrected chi connectivity index (χ2v) is 7.73. The van der Waals surface area contributed by atoms with Crippen molar-refractivity contribution in [2.45, 2.75) is 13.3 Å². The molecule has 1 aromatic carbocycles. The van der Waals surface area contributed by atoms with Gasteiger partial charge in [0, 0.05) is 42.2 Å². The molecule has 1 amide bonds. The number of carbonyl (C=O) groups excluding carboxylic acids is 1. The lowest BCUT2D eigenvalue weighted by atomic mass is 10.0. The van der Waals surface area contributed by atoms with Gasteiger partial charge in [-0.15, -0.1) is 0 Å². The fraction of sp³-hybridized carbons (Fsp3) is 0.280. The molecule has 1 saturated heterocycles. The molecule has 2 N–H and O–H groups in total. The molecule has 9 nitrogen and oxygen atoms in total. The predicted octanol–water partition coefficient (Wildman–Crippen LogP) is 2.93. The first-order valence-electron chi connectivity index (χ1n) is 11.1. The van der Waals surface area contributed by atoms with Crippen molar-refractivity contribution in [1.29, 1.82) is 0 Å². The van der Waals surface area contributed by atoms with Crippen LogP contribution in [0.25, 0.3) is 11.1 Å². The highest BCUT2D eigenvalue weighted by Crippen LogP contribution is 2.24. The second kappa shape index (κ2) is 10.8. The number of hydrazone groups is 1. The van der Waals surface area contributed by atoms with Crippen LogP contribution < -0.4 is 15.7 Å². The molecule has 1 fully saturated rings. The molecule has 176 valence electrons. The number of morpholine rings is 1. The molecule has 1 aliphatic rings. The second-order valence-electron chi connectivity index (χ2n) is 7.73. The van der Waals surface area contributed by atoms with Crippen molar-refractivity contribution in [1.82, 2.24) is 14.9 Å². The van der Waals surface area contributed by atoms with Gasteiger partial charge >= 0.3 is 0 Å². The van der Waals surface area contributed by atoms with E-state index in [0.29, 0.717) is 37.7 Å². The van der Waals surface area contributed by atoms with Gasteiger partial charge in [0.15, 0.2) is 0 Å². The van der Waals surface area contributed by atoms with Gasteiger partial charge in [0.05, 0.1) is 26.5 Å². The Hall–Kier alpha value is -3.98. The lowest BCUT2D eigenvalue weighted by molar-refractivity contribution is 0.0301. The number of aromatic amines is 1. The maximum atomic E-state index is 12.9. The first kappa shape index (κ1) is 23.2. The molecule has 1 aliphatic heterocycles. The number of nitrogens with one attached hydrogen (secondary N) is 2. The van der Waals surface area contributed by atoms with Gasteiger partial charge in [0.25, 0.3) is 11.5 Å². The molecule has 9 heteroatoms. The van der Waals surface area contributed by atoms with Crippen LogP contribution >= 0.6 is 0 Å². The Morgan fingerprint density at radius 3 is 2.82 bits per heavy atom. The number of aromatic nitrogens is 2. The molecule has 0 unspecified atom stereocenters. The number of para-hydroxylation sites is 1. The maximum Gasteiger partial charge on any atom is 0.260 e. The Morgan fingerprint density at radius 2 is 2.06 bits per heavy atom. The average Bonchev–Trinajstić information content (AvgIpc) is 2.89. The molecule has 3 heterocycles. The molecule has 0 saturated carbocycles. The number of amides is 1. The number of ether oxygens (including phenoxy) is 2. The number of hydrogen-bond acceptors (Lipinski definition) is 7. The number of H-pyrrole nitrogens is 1. The summed E-state index contributed by atoms with van der Waals surface area (Å²) >= 11 is 0. The maximum absolute atomic E-state index is 12.9. The summed E-state index contributed by atoms with van der Waals surface area (Å²) in [6, 6.07) is 11.2. The Kier molecular flexibility index (Phi) is 7.34. The van der Waals surface area contributed by atoms with E-state index < -0.39 is 5.56 Å². The molecule has 34 heavy (non-hydrogen) atoms. The number of benzene rings is 1. The number of methoxy groups -OCH3 is 1. The molecule has 4 rings (SSSR count). The van der Waals surface area contributed by atoms with E-state index in [1.807, 2.05) is 37.3 Å². The van der Waals surface area contributed by atoms with E-state index in [0.717, 1.165) is 28.9 Å². The van der Waals surface area contributed by atoms with Gasteiger partial charge in [-0.05, 0) is 36.2 Å². The highest BCUT2D eigenvalue weighted by molar-refractivity contribution is 5.95. The third-order valence-corrected chi connectivity index (χ3v) is 5.63. The summed E-state index contributed by atoms with van der Waals surface area (Å²) in [6.07, 6.45) is 5.69. The third-order valence-electron chi connectivity index (χ3n) is 5.63. The van der Waals surface area contributed by atoms with Crippen molar-refractivity contribution < 1.29 is 14.3 Å². The van der Waals surface area contributed by atoms with E-state index in [1.165, 1.54) is 0 Å². The number of nitrogens with zero attached hydrogens (tertiary/aromatic N) is 3. The molecule has 0 bridgehead atoms. The molecular weight excluding hydrogens is 434 g/mol. The van der Waals surface area contributed by atoms with Crippen LogP contribution in [0, 0.1) is 0 Å². The van der Waals surface area contributed by atoms with Gasteiger partial charge in [-0.1, -0.05) is 19.1 Å². The lowest BCUT2D eigenvalue weighted by Gasteiger charge is -2.26. The minimum absolute atomic E-state index is 0.112. The summed E-state index contributed by atoms with van der Waals surface area (Å²) in [7, 11) is 1.62. The molecule has 2 aromatic heterocycles. The molecule has 0 aliphatic carbocycles. The van der Waals surface area contributed by atoms with E-state index in [-0.39, 0.29) is 11.5 Å². The van der Waals surface area contributed by atoms with Gasteiger partial charge < -0.3 is 19.4 Å². The Balaban J connectivity index is 1.56. The van der Waals surface area contributed by atoms with Crippen LogP contribution in [0.1, 0.15) is 28.4 Å². The number of aryl methyl sites for hydroxylation is 1. The smallest absolute Gasteiger partial charge is 0.260 e. The first-order chi connectivity index (χ1) is 16.6. The molecular formula is C25H27N5O4. The average molecular weight is 462 g/mol. The van der Waals surface area contributed by atoms with Crippen LogP contribution in [-0.2, 0) is 11.2 Å². The molecule has 0 spiro atoms. The Morgan fingerprint density at radius 1 is 1.26 bits per heavy atom. The van der Waals surface area contributed by atoms with Crippen molar-refractivity contribution in [3.05, 3.63) is 75.8 Å². The fourth-order valence-corrected chi connectivity index (χ4v) is 3.72. The van der Waals surface area contributed by atoms with E-state index in [2.05, 4.69) is 20.5 Å². The molecule has 0 atom stereocenters. The van der Waals surface area contributed by atoms with Crippen molar-refractivity contribution in [3.63, 3.8) is 0 Å². The molecule has 3 aromatic rings. The zero-order valence-corrected chi connectivity index (χ0v) is 19.2. The Labute approximate surface area is 197 Å². The van der Waals surface area contributed by atoms with Crippen LogP contribution in [0.3, 0.4) is 0 Å². The van der Waals surface area contributed by atoms with Crippen LogP contribution in [0.15, 0.2) is 58.7 Å². The number of rotatable bonds is 7. The minimum Gasteiger partial charge on any atom is -0.496 e. The van der Waals surface area contributed by atoms with E-state index in [1.54, 1.807) is 36.7 Å². The predicted molar refractivity (Wildman–Crippen MR) is 131 cm³/mol. The first-order valence-corrected chi connectivity index (χ1v) is 11.1. The lowest BCUT2D eigenvalue weighted by Crippen LogP contribution is -2.42. The summed E-state index contributed by atoms with van der Waals surface area (Å²) in [4.78, 5) is 34.1. The monoisotopic (exact) mass is 461 g/mol. The van der Waals surface area contributed by atoms with E-state index >= 15 is 0 Å². The normalized spacial score (nSPS) is 13.8. The van der Waals surface area contributed by atoms with Crippen LogP contribution in [0.4, 0.5) is 5.82 Å². The number of anilines is 1. The van der Waals surface area contributed by atoms with E-state index in [4.69, 9.17) is 9.47 Å². The fourth-order valence-electron chi connectivity index (χ4n) is 3.72. The summed E-state index contributed by atoms with van der Waals surface area (Å²) < 4.78 is 10.6. The molecule has 0 radical (unpaired) electrons. The summed E-state index contributed by atoms with van der Waals surface area (Å²) in [5.74, 6) is 1.07.